The Morgan fingerprint density at radius 3 is 2.25 bits per heavy atom. The minimum atomic E-state index is -6.79. The van der Waals surface area contributed by atoms with Crippen LogP contribution in [0.1, 0.15) is 23.2 Å². The van der Waals surface area contributed by atoms with Gasteiger partial charge in [0.05, 0.1) is 44.7 Å². The van der Waals surface area contributed by atoms with E-state index in [1.807, 2.05) is 0 Å². The summed E-state index contributed by atoms with van der Waals surface area (Å²) in [6.45, 7) is -1.49. The maximum Gasteiger partial charge on any atom is 0.396 e. The van der Waals surface area contributed by atoms with Gasteiger partial charge in [0.2, 0.25) is 11.5 Å². The van der Waals surface area contributed by atoms with Crippen LogP contribution in [0, 0.1) is 30.8 Å². The third-order valence-corrected chi connectivity index (χ3v) is 14.1. The van der Waals surface area contributed by atoms with Gasteiger partial charge in [-0.1, -0.05) is 0 Å². The van der Waals surface area contributed by atoms with E-state index in [1.165, 1.54) is 13.2 Å². The summed E-state index contributed by atoms with van der Waals surface area (Å²) in [5.74, 6) is -14.8. The van der Waals surface area contributed by atoms with Crippen LogP contribution < -0.4 is 13.1 Å². The second-order valence-corrected chi connectivity index (χ2v) is 18.5. The first-order valence-corrected chi connectivity index (χ1v) is 20.7. The molecule has 0 amide bonds. The molecule has 2 aliphatic heterocycles. The zero-order valence-corrected chi connectivity index (χ0v) is 32.2. The van der Waals surface area contributed by atoms with Crippen molar-refractivity contribution >= 4 is 93.4 Å². The highest BCUT2D eigenvalue weighted by atomic mass is 127. The monoisotopic (exact) mass is 1020 g/mol. The van der Waals surface area contributed by atoms with Crippen LogP contribution in [0.15, 0.2) is 34.1 Å². The van der Waals surface area contributed by atoms with Crippen LogP contribution in [0.3, 0.4) is 0 Å². The van der Waals surface area contributed by atoms with Gasteiger partial charge in [-0.2, -0.15) is 34.4 Å². The van der Waals surface area contributed by atoms with Gasteiger partial charge in [-0.05, 0) is 75.9 Å². The largest absolute Gasteiger partial charge is 0.743 e. The number of ether oxygens (including phenoxy) is 4. The molecule has 52 heavy (non-hydrogen) atoms. The fourth-order valence-electron chi connectivity index (χ4n) is 6.62. The summed E-state index contributed by atoms with van der Waals surface area (Å²) in [6.07, 6.45) is -4.59. The van der Waals surface area contributed by atoms with Gasteiger partial charge >= 0.3 is 49.3 Å². The topological polar surface area (TPSA) is 232 Å². The molecule has 2 aliphatic carbocycles. The molecule has 25 heteroatoms. The fourth-order valence-corrected chi connectivity index (χ4v) is 11.9. The molecule has 2 bridgehead atoms. The van der Waals surface area contributed by atoms with Crippen molar-refractivity contribution in [2.45, 2.75) is 46.0 Å². The molecular weight excluding hydrogens is 1010 g/mol. The molecule has 2 aromatic carbocycles. The lowest BCUT2D eigenvalue weighted by molar-refractivity contribution is -0.178. The van der Waals surface area contributed by atoms with E-state index in [0.717, 1.165) is 12.1 Å². The first-order valence-electron chi connectivity index (χ1n) is 14.3. The molecule has 6 unspecified atom stereocenters. The summed E-state index contributed by atoms with van der Waals surface area (Å²) in [6, 6.07) is 3.71. The third-order valence-electron chi connectivity index (χ3n) is 8.87. The van der Waals surface area contributed by atoms with E-state index >= 15 is 0 Å². The third kappa shape index (κ3) is 6.24. The molecule has 6 atom stereocenters. The molecule has 16 nitrogen and oxygen atoms in total. The molecule has 284 valence electrons. The molecule has 4 aliphatic rings. The number of methoxy groups -OCH3 is 1. The molecule has 2 heterocycles. The Kier molecular flexibility index (Phi) is 9.69. The van der Waals surface area contributed by atoms with E-state index in [2.05, 4.69) is 4.74 Å². The maximum atomic E-state index is 13.9. The lowest BCUT2D eigenvalue weighted by Crippen LogP contribution is -2.48. The van der Waals surface area contributed by atoms with Crippen molar-refractivity contribution in [3.8, 4) is 17.2 Å². The molecule has 2 aromatic rings. The summed E-state index contributed by atoms with van der Waals surface area (Å²) < 4.78 is 172. The van der Waals surface area contributed by atoms with E-state index in [9.17, 15) is 61.8 Å². The van der Waals surface area contributed by atoms with E-state index in [0.29, 0.717) is 9.64 Å². The minimum absolute atomic E-state index is 0.00226. The van der Waals surface area contributed by atoms with E-state index < -0.39 is 135 Å². The zero-order chi connectivity index (χ0) is 38.5. The summed E-state index contributed by atoms with van der Waals surface area (Å²) in [5.41, 5.74) is -0.551. The Labute approximate surface area is 318 Å². The molecule has 0 N–H and O–H groups in total. The summed E-state index contributed by atoms with van der Waals surface area (Å²) in [7, 11) is -15.6. The standard InChI is InChI=1S/C27H20F4I2O16S3/c1-44-20-12(32)8-13(33)21-22(20)49-51(39,40)15-6-9(2-3-14(15)50(37,38)48-21)23(34)46-18-10-7-11-17(25(36)47-19(11)18)16(10)24(35)45-5-4-26(28,29)27(30,31)52(41,42)43/h2-3,6,8,10-11,16-19H,4-5,7H2,1H3,(H,41,42,43)/p-1. The second-order valence-electron chi connectivity index (χ2n) is 11.7. The van der Waals surface area contributed by atoms with Crippen molar-refractivity contribution in [3.05, 3.63) is 37.0 Å². The lowest BCUT2D eigenvalue weighted by Gasteiger charge is -2.31. The van der Waals surface area contributed by atoms with Crippen LogP contribution in [0.25, 0.3) is 0 Å². The Morgan fingerprint density at radius 1 is 0.981 bits per heavy atom. The molecule has 1 saturated heterocycles. The van der Waals surface area contributed by atoms with Gasteiger partial charge < -0.3 is 31.9 Å². The number of rotatable bonds is 9. The zero-order valence-electron chi connectivity index (χ0n) is 25.4. The number of fused-ring (bicyclic) bond motifs is 3. The van der Waals surface area contributed by atoms with Gasteiger partial charge in [0.15, 0.2) is 15.9 Å². The number of benzene rings is 2. The SMILES string of the molecule is COc1c(I)cc(I)c2c1OS(=O)(=O)c1cc(C(=O)OC3C4CC5C3OC(=O)C5C4C(=O)OCCC(F)(F)C(F)(F)S(=O)(=O)[O-])ccc1S(=O)(=O)O2. The van der Waals surface area contributed by atoms with Gasteiger partial charge in [0.25, 0.3) is 0 Å². The Balaban J connectivity index is 1.24. The minimum Gasteiger partial charge on any atom is -0.743 e. The number of carbonyl (C=O) groups excluding carboxylic acids is 3. The number of alkyl halides is 4. The average molecular weight is 1030 g/mol. The molecule has 0 radical (unpaired) electrons. The highest BCUT2D eigenvalue weighted by Gasteiger charge is 2.70. The number of hydrogen-bond donors (Lipinski definition) is 0. The predicted octanol–water partition coefficient (Wildman–Crippen LogP) is 2.79. The highest BCUT2D eigenvalue weighted by molar-refractivity contribution is 14.1. The quantitative estimate of drug-likeness (QED) is 0.0878. The van der Waals surface area contributed by atoms with Crippen LogP contribution in [-0.4, -0.2) is 84.8 Å². The van der Waals surface area contributed by atoms with Crippen LogP contribution in [-0.2, 0) is 54.2 Å². The van der Waals surface area contributed by atoms with Crippen LogP contribution >= 0.6 is 45.2 Å². The summed E-state index contributed by atoms with van der Waals surface area (Å²) in [4.78, 5) is 37.1. The molecule has 6 rings (SSSR count). The number of halogens is 6. The van der Waals surface area contributed by atoms with Crippen molar-refractivity contribution in [2.75, 3.05) is 13.7 Å². The van der Waals surface area contributed by atoms with Crippen LogP contribution in [0.4, 0.5) is 17.6 Å². The smallest absolute Gasteiger partial charge is 0.396 e. The van der Waals surface area contributed by atoms with Gasteiger partial charge in [-0.25, -0.2) is 13.2 Å². The second kappa shape index (κ2) is 12.9. The molecule has 2 saturated carbocycles. The fraction of sp³-hybridized carbons (Fsp3) is 0.444. The van der Waals surface area contributed by atoms with Crippen molar-refractivity contribution in [3.63, 3.8) is 0 Å². The van der Waals surface area contributed by atoms with Gasteiger partial charge in [0, 0.05) is 11.8 Å². The number of hydrogen-bond acceptors (Lipinski definition) is 16. The molecule has 3 fully saturated rings. The Bertz CT molecular complexity index is 2250. The van der Waals surface area contributed by atoms with Gasteiger partial charge in [0.1, 0.15) is 22.0 Å². The average Bonchev–Trinajstić information content (AvgIpc) is 3.65. The van der Waals surface area contributed by atoms with Crippen molar-refractivity contribution < 1.29 is 89.1 Å². The van der Waals surface area contributed by atoms with Gasteiger partial charge in [-0.3, -0.25) is 9.59 Å². The number of esters is 3. The van der Waals surface area contributed by atoms with Crippen LogP contribution in [0.5, 0.6) is 17.2 Å². The first kappa shape index (κ1) is 38.9. The first-order chi connectivity index (χ1) is 23.9. The molecule has 0 spiro atoms. The van der Waals surface area contributed by atoms with Crippen LogP contribution in [0.2, 0.25) is 0 Å². The normalized spacial score (nSPS) is 26.8. The summed E-state index contributed by atoms with van der Waals surface area (Å²) >= 11 is 3.49. The van der Waals surface area contributed by atoms with E-state index in [1.54, 1.807) is 45.2 Å². The van der Waals surface area contributed by atoms with Crippen molar-refractivity contribution in [1.82, 2.24) is 0 Å². The van der Waals surface area contributed by atoms with Crippen molar-refractivity contribution in [1.29, 1.82) is 0 Å². The molecular formula is C27H19F4I2O16S3-. The molecule has 0 aromatic heterocycles. The Morgan fingerprint density at radius 2 is 1.62 bits per heavy atom. The van der Waals surface area contributed by atoms with Gasteiger partial charge in [-0.15, -0.1) is 0 Å². The lowest BCUT2D eigenvalue weighted by atomic mass is 9.78. The van der Waals surface area contributed by atoms with E-state index in [4.69, 9.17) is 22.6 Å². The predicted molar refractivity (Wildman–Crippen MR) is 173 cm³/mol. The highest BCUT2D eigenvalue weighted by Crippen LogP contribution is 2.59. The van der Waals surface area contributed by atoms with Crippen molar-refractivity contribution in [2.24, 2.45) is 23.7 Å². The number of carbonyl (C=O) groups is 3. The maximum absolute atomic E-state index is 13.9. The summed E-state index contributed by atoms with van der Waals surface area (Å²) in [5, 5.41) is -6.02. The van der Waals surface area contributed by atoms with E-state index in [-0.39, 0.29) is 15.7 Å². The Hall–Kier alpha value is -2.76.